The van der Waals surface area contributed by atoms with Crippen molar-refractivity contribution in [3.8, 4) is 0 Å². The molecule has 0 radical (unpaired) electrons. The molecule has 176 valence electrons. The van der Waals surface area contributed by atoms with E-state index in [0.29, 0.717) is 36.7 Å². The topological polar surface area (TPSA) is 54.0 Å². The molecule has 30 heavy (non-hydrogen) atoms. The molecule has 5 heteroatoms. The van der Waals surface area contributed by atoms with Crippen molar-refractivity contribution in [1.29, 1.82) is 0 Å². The smallest absolute Gasteiger partial charge is 0.161 e. The molecule has 5 nitrogen and oxygen atoms in total. The molecule has 0 spiro atoms. The van der Waals surface area contributed by atoms with Crippen molar-refractivity contribution >= 4 is 5.78 Å². The molecule has 0 bridgehead atoms. The zero-order valence-corrected chi connectivity index (χ0v) is 20.6. The highest BCUT2D eigenvalue weighted by Gasteiger charge is 2.46. The molecule has 0 aromatic rings. The van der Waals surface area contributed by atoms with Crippen LogP contribution in [0.2, 0.25) is 0 Å². The maximum absolute atomic E-state index is 11.1. The molecule has 2 fully saturated rings. The molecule has 0 N–H and O–H groups in total. The van der Waals surface area contributed by atoms with E-state index in [1.54, 1.807) is 6.92 Å². The van der Waals surface area contributed by atoms with Crippen LogP contribution < -0.4 is 0 Å². The lowest BCUT2D eigenvalue weighted by atomic mass is 9.78. The average Bonchev–Trinajstić information content (AvgIpc) is 2.72. The largest absolute Gasteiger partial charge is 0.352 e. The van der Waals surface area contributed by atoms with E-state index in [2.05, 4.69) is 48.5 Å². The van der Waals surface area contributed by atoms with Crippen molar-refractivity contribution in [2.24, 2.45) is 29.6 Å². The van der Waals surface area contributed by atoms with Gasteiger partial charge >= 0.3 is 0 Å². The molecule has 10 unspecified atom stereocenters. The second kappa shape index (κ2) is 11.9. The van der Waals surface area contributed by atoms with Gasteiger partial charge in [-0.15, -0.1) is 0 Å². The highest BCUT2D eigenvalue weighted by atomic mass is 16.7. The van der Waals surface area contributed by atoms with Crippen LogP contribution in [0, 0.1) is 29.6 Å². The van der Waals surface area contributed by atoms with E-state index < -0.39 is 0 Å². The van der Waals surface area contributed by atoms with Crippen molar-refractivity contribution < 1.29 is 23.7 Å². The summed E-state index contributed by atoms with van der Waals surface area (Å²) in [6.45, 7) is 17.9. The molecule has 0 saturated carbocycles. The number of carbonyl (C=O) groups is 1. The first-order valence-corrected chi connectivity index (χ1v) is 12.3. The quantitative estimate of drug-likeness (QED) is 0.426. The second-order valence-corrected chi connectivity index (χ2v) is 9.83. The molecule has 0 aromatic carbocycles. The molecule has 2 saturated heterocycles. The summed E-state index contributed by atoms with van der Waals surface area (Å²) in [5.41, 5.74) is 0. The summed E-state index contributed by atoms with van der Waals surface area (Å²) in [5.74, 6) is 2.27. The molecular formula is C25H46O5. The summed E-state index contributed by atoms with van der Waals surface area (Å²) in [6, 6.07) is 0. The van der Waals surface area contributed by atoms with Gasteiger partial charge in [-0.05, 0) is 50.4 Å². The van der Waals surface area contributed by atoms with Gasteiger partial charge in [-0.3, -0.25) is 0 Å². The van der Waals surface area contributed by atoms with Gasteiger partial charge in [0, 0.05) is 24.9 Å². The zero-order chi connectivity index (χ0) is 22.4. The number of carbonyl (C=O) groups excluding carboxylic acids is 1. The second-order valence-electron chi connectivity index (χ2n) is 9.83. The summed E-state index contributed by atoms with van der Waals surface area (Å²) in [5, 5.41) is 0. The highest BCUT2D eigenvalue weighted by molar-refractivity contribution is 5.75. The van der Waals surface area contributed by atoms with Gasteiger partial charge in [0.2, 0.25) is 0 Å². The molecule has 2 heterocycles. The van der Waals surface area contributed by atoms with Gasteiger partial charge in [-0.1, -0.05) is 48.5 Å². The lowest BCUT2D eigenvalue weighted by Gasteiger charge is -2.49. The van der Waals surface area contributed by atoms with Crippen molar-refractivity contribution in [3.05, 3.63) is 0 Å². The molecule has 0 aromatic heterocycles. The minimum absolute atomic E-state index is 0.00366. The minimum Gasteiger partial charge on any atom is -0.352 e. The Morgan fingerprint density at radius 3 is 1.97 bits per heavy atom. The number of Topliss-reactive ketones (excluding diaryl/α,β-unsaturated/α-hetero) is 1. The van der Waals surface area contributed by atoms with Crippen molar-refractivity contribution in [3.63, 3.8) is 0 Å². The molecule has 10 atom stereocenters. The summed E-state index contributed by atoms with van der Waals surface area (Å²) in [7, 11) is 0. The first kappa shape index (κ1) is 25.8. The van der Waals surface area contributed by atoms with E-state index in [4.69, 9.17) is 18.9 Å². The Bertz CT molecular complexity index is 520. The fourth-order valence-corrected chi connectivity index (χ4v) is 4.93. The van der Waals surface area contributed by atoms with Crippen molar-refractivity contribution in [2.45, 2.75) is 118 Å². The van der Waals surface area contributed by atoms with Crippen LogP contribution in [-0.4, -0.2) is 43.3 Å². The summed E-state index contributed by atoms with van der Waals surface area (Å²) in [6.07, 6.45) is 4.17. The van der Waals surface area contributed by atoms with Crippen LogP contribution >= 0.6 is 0 Å². The molecule has 0 aliphatic carbocycles. The number of ether oxygens (including phenoxy) is 4. The lowest BCUT2D eigenvalue weighted by Crippen LogP contribution is -2.55. The van der Waals surface area contributed by atoms with Gasteiger partial charge in [0.15, 0.2) is 12.6 Å². The maximum atomic E-state index is 11.1. The third kappa shape index (κ3) is 6.27. The van der Waals surface area contributed by atoms with E-state index in [0.717, 1.165) is 25.7 Å². The predicted molar refractivity (Wildman–Crippen MR) is 119 cm³/mol. The first-order valence-electron chi connectivity index (χ1n) is 12.3. The minimum atomic E-state index is -0.214. The predicted octanol–water partition coefficient (Wildman–Crippen LogP) is 5.60. The van der Waals surface area contributed by atoms with E-state index in [1.165, 1.54) is 0 Å². The van der Waals surface area contributed by atoms with Gasteiger partial charge in [0.05, 0.1) is 18.3 Å². The number of rotatable bonds is 10. The Balaban J connectivity index is 1.96. The molecule has 0 amide bonds. The number of hydrogen-bond donors (Lipinski definition) is 0. The Labute approximate surface area is 184 Å². The van der Waals surface area contributed by atoms with Crippen LogP contribution in [0.25, 0.3) is 0 Å². The third-order valence-corrected chi connectivity index (χ3v) is 7.74. The van der Waals surface area contributed by atoms with Crippen LogP contribution in [-0.2, 0) is 23.7 Å². The summed E-state index contributed by atoms with van der Waals surface area (Å²) >= 11 is 0. The van der Waals surface area contributed by atoms with Gasteiger partial charge in [-0.2, -0.15) is 0 Å². The number of unbranched alkanes of at least 4 members (excludes halogenated alkanes) is 1. The monoisotopic (exact) mass is 426 g/mol. The van der Waals surface area contributed by atoms with Gasteiger partial charge < -0.3 is 23.7 Å². The third-order valence-electron chi connectivity index (χ3n) is 7.74. The van der Waals surface area contributed by atoms with Crippen LogP contribution in [0.5, 0.6) is 0 Å². The van der Waals surface area contributed by atoms with Crippen LogP contribution in [0.15, 0.2) is 0 Å². The normalized spacial score (nSPS) is 42.3. The highest BCUT2D eigenvalue weighted by Crippen LogP contribution is 2.40. The molecule has 2 aliphatic heterocycles. The maximum Gasteiger partial charge on any atom is 0.161 e. The SMILES string of the molecule is CCC1OC(OC2C(CC)OC(OCCCCC(C)=O)C(C)C2C)C(C)C(C)C1C. The Hall–Kier alpha value is -0.490. The van der Waals surface area contributed by atoms with E-state index in [9.17, 15) is 4.79 Å². The van der Waals surface area contributed by atoms with Gasteiger partial charge in [0.25, 0.3) is 0 Å². The number of ketones is 1. The van der Waals surface area contributed by atoms with Crippen LogP contribution in [0.1, 0.15) is 87.5 Å². The standard InChI is InChI=1S/C25H46O5/c1-9-21-17(5)16(4)19(7)25(28-21)30-23-18(6)20(8)24(29-22(23)10-2)27-14-12-11-13-15(3)26/h16-25H,9-14H2,1-8H3. The molecule has 2 rings (SSSR count). The molecule has 2 aliphatic rings. The van der Waals surface area contributed by atoms with Gasteiger partial charge in [0.1, 0.15) is 5.78 Å². The average molecular weight is 427 g/mol. The Morgan fingerprint density at radius 1 is 0.767 bits per heavy atom. The van der Waals surface area contributed by atoms with Crippen LogP contribution in [0.4, 0.5) is 0 Å². The summed E-state index contributed by atoms with van der Waals surface area (Å²) < 4.78 is 25.5. The van der Waals surface area contributed by atoms with E-state index in [-0.39, 0.29) is 42.6 Å². The fourth-order valence-electron chi connectivity index (χ4n) is 4.93. The number of hydrogen-bond acceptors (Lipinski definition) is 5. The van der Waals surface area contributed by atoms with Crippen molar-refractivity contribution in [1.82, 2.24) is 0 Å². The van der Waals surface area contributed by atoms with Gasteiger partial charge in [-0.25, -0.2) is 0 Å². The van der Waals surface area contributed by atoms with E-state index >= 15 is 0 Å². The summed E-state index contributed by atoms with van der Waals surface area (Å²) in [4.78, 5) is 11.1. The molecular weight excluding hydrogens is 380 g/mol. The Kier molecular flexibility index (Phi) is 10.3. The van der Waals surface area contributed by atoms with Crippen LogP contribution in [0.3, 0.4) is 0 Å². The van der Waals surface area contributed by atoms with E-state index in [1.807, 2.05) is 0 Å². The van der Waals surface area contributed by atoms with Crippen molar-refractivity contribution in [2.75, 3.05) is 6.61 Å². The lowest BCUT2D eigenvalue weighted by molar-refractivity contribution is -0.323. The fraction of sp³-hybridized carbons (Fsp3) is 0.960. The Morgan fingerprint density at radius 2 is 1.37 bits per heavy atom. The zero-order valence-electron chi connectivity index (χ0n) is 20.6. The first-order chi connectivity index (χ1) is 14.2.